The molecule has 0 saturated carbocycles. The average Bonchev–Trinajstić information content (AvgIpc) is 2.71. The second kappa shape index (κ2) is 71.2. The monoisotopic (exact) mass is 1300 g/mol. The molecule has 0 amide bonds. The molecule has 0 aromatic heterocycles. The van der Waals surface area contributed by atoms with Gasteiger partial charge in [-0.05, 0) is 128 Å². The molecule has 91 heavy (non-hydrogen) atoms. The van der Waals surface area contributed by atoms with Crippen molar-refractivity contribution in [3.05, 3.63) is 48.6 Å². The molecule has 0 rings (SSSR count). The summed E-state index contributed by atoms with van der Waals surface area (Å²) in [6.45, 7) is 7.10. The molecular weight excluding hydrogens is 1160 g/mol. The van der Waals surface area contributed by atoms with Crippen molar-refractivity contribution in [1.29, 1.82) is 0 Å². The number of hydrogen-bond donors (Lipinski definition) is 1. The lowest BCUT2D eigenvalue weighted by atomic mass is 10.1. The summed E-state index contributed by atoms with van der Waals surface area (Å²) in [4.78, 5) is 63.1. The third kappa shape index (κ3) is 69.6. The van der Waals surface area contributed by atoms with E-state index in [-0.39, 0.29) is 38.9 Å². The second-order valence-electron chi connectivity index (χ2n) is 26.0. The Morgan fingerprint density at radius 2 is 0.462 bits per heavy atom. The van der Waals surface area contributed by atoms with Crippen LogP contribution in [0, 0.1) is 0 Å². The predicted molar refractivity (Wildman–Crippen MR) is 381 cm³/mol. The molecule has 0 aliphatic rings. The molecule has 1 N–H and O–H groups in total. The van der Waals surface area contributed by atoms with Gasteiger partial charge in [-0.25, -0.2) is 4.57 Å². The van der Waals surface area contributed by atoms with Gasteiger partial charge in [0, 0.05) is 25.7 Å². The zero-order valence-corrected chi connectivity index (χ0v) is 60.5. The highest BCUT2D eigenvalue weighted by Gasteiger charge is 2.29. The molecule has 0 aromatic rings. The van der Waals surface area contributed by atoms with Gasteiger partial charge in [0.1, 0.15) is 13.2 Å². The summed E-state index contributed by atoms with van der Waals surface area (Å²) in [6.07, 6.45) is 75.9. The van der Waals surface area contributed by atoms with E-state index in [4.69, 9.17) is 28.0 Å². The molecule has 0 aromatic carbocycles. The number of unbranched alkanes of at least 4 members (excludes halogenated alkanes) is 44. The molecule has 2 atom stereocenters. The fraction of sp³-hybridized carbons (Fsp3) is 0.846. The van der Waals surface area contributed by atoms with E-state index in [2.05, 4.69) is 76.3 Å². The minimum absolute atomic E-state index is 0.144. The van der Waals surface area contributed by atoms with Crippen LogP contribution in [-0.2, 0) is 51.7 Å². The van der Waals surface area contributed by atoms with Crippen LogP contribution in [0.1, 0.15) is 387 Å². The van der Waals surface area contributed by atoms with E-state index in [1.165, 1.54) is 154 Å². The van der Waals surface area contributed by atoms with Gasteiger partial charge in [0.2, 0.25) is 0 Å². The van der Waals surface area contributed by atoms with E-state index in [1.54, 1.807) is 0 Å². The average molecular weight is 1300 g/mol. The summed E-state index contributed by atoms with van der Waals surface area (Å²) >= 11 is 0. The second-order valence-corrected chi connectivity index (χ2v) is 27.4. The van der Waals surface area contributed by atoms with Gasteiger partial charge in [-0.1, -0.05) is 282 Å². The Bertz CT molecular complexity index is 1660. The van der Waals surface area contributed by atoms with Gasteiger partial charge in [-0.3, -0.25) is 28.2 Å². The molecule has 0 unspecified atom stereocenters. The minimum atomic E-state index is -4.86. The van der Waals surface area contributed by atoms with Gasteiger partial charge in [0.05, 0.1) is 13.2 Å². The molecule has 0 fully saturated rings. The molecule has 0 saturated heterocycles. The summed E-state index contributed by atoms with van der Waals surface area (Å²) in [7, 11) is -4.86. The summed E-state index contributed by atoms with van der Waals surface area (Å²) in [5, 5.41) is 0. The summed E-state index contributed by atoms with van der Waals surface area (Å²) in [5.41, 5.74) is 0. The Balaban J connectivity index is 5.40. The van der Waals surface area contributed by atoms with Gasteiger partial charge in [0.25, 0.3) is 0 Å². The Morgan fingerprint density at radius 1 is 0.275 bits per heavy atom. The SMILES string of the molecule is CCCCCCCC/C=C\CCCCCCCC(=O)OC[C@@H](COP(=O)(O)OC[C@H](COC(=O)CCCCCCC/C=C\CCCCCCCC)OC(=O)CCCCCCC/C=C\CCCCCCCC)OC(=O)CCCCCCC/C=C\CCCCCCCC. The lowest BCUT2D eigenvalue weighted by Crippen LogP contribution is -2.31. The Kier molecular flexibility index (Phi) is 68.9. The van der Waals surface area contributed by atoms with E-state index < -0.39 is 57.1 Å². The predicted octanol–water partition coefficient (Wildman–Crippen LogP) is 24.2. The quantitative estimate of drug-likeness (QED) is 0.0202. The van der Waals surface area contributed by atoms with Crippen molar-refractivity contribution in [1.82, 2.24) is 0 Å². The number of ether oxygens (including phenoxy) is 4. The molecule has 0 bridgehead atoms. The largest absolute Gasteiger partial charge is 0.472 e. The van der Waals surface area contributed by atoms with Crippen LogP contribution in [0.15, 0.2) is 48.6 Å². The first-order valence-electron chi connectivity index (χ1n) is 38.5. The van der Waals surface area contributed by atoms with Gasteiger partial charge in [0.15, 0.2) is 12.2 Å². The number of esters is 4. The standard InChI is InChI=1S/C78H143O12P/c1-5-9-13-17-21-25-29-33-37-41-45-49-53-57-61-65-75(79)85-69-73(89-77(81)67-63-59-55-51-47-43-39-35-31-27-23-19-15-11-7-3)71-87-91(83,84)88-72-74(90-78(82)68-64-60-56-52-48-44-40-36-32-28-24-20-16-12-8-4)70-86-76(80)66-62-58-54-50-46-42-38-34-30-26-22-18-14-10-6-2/h33-40,73-74H,5-32,41-72H2,1-4H3,(H,83,84)/b37-33-,38-34-,39-35-,40-36-/t73-,74-/m0/s1. The fourth-order valence-electron chi connectivity index (χ4n) is 11.0. The molecule has 0 aliphatic heterocycles. The lowest BCUT2D eigenvalue weighted by Gasteiger charge is -2.22. The van der Waals surface area contributed by atoms with E-state index in [1.807, 2.05) is 0 Å². The fourth-order valence-corrected chi connectivity index (χ4v) is 11.8. The maximum atomic E-state index is 13.5. The molecule has 0 aliphatic carbocycles. The highest BCUT2D eigenvalue weighted by atomic mass is 31.2. The maximum Gasteiger partial charge on any atom is 0.472 e. The van der Waals surface area contributed by atoms with Crippen molar-refractivity contribution in [3.8, 4) is 0 Å². The molecule has 0 heterocycles. The number of rotatable bonds is 72. The normalized spacial score (nSPS) is 12.7. The Hall–Kier alpha value is -3.05. The number of allylic oxidation sites excluding steroid dienone is 8. The van der Waals surface area contributed by atoms with Crippen molar-refractivity contribution in [2.75, 3.05) is 26.4 Å². The Morgan fingerprint density at radius 3 is 0.681 bits per heavy atom. The summed E-state index contributed by atoms with van der Waals surface area (Å²) in [5.74, 6) is -1.93. The van der Waals surface area contributed by atoms with Crippen LogP contribution in [0.4, 0.5) is 0 Å². The number of carbonyl (C=O) groups is 4. The molecule has 532 valence electrons. The van der Waals surface area contributed by atoms with Crippen LogP contribution >= 0.6 is 7.82 Å². The first-order chi connectivity index (χ1) is 44.6. The third-order valence-electron chi connectivity index (χ3n) is 16.9. The van der Waals surface area contributed by atoms with E-state index in [9.17, 15) is 28.6 Å². The highest BCUT2D eigenvalue weighted by molar-refractivity contribution is 7.47. The van der Waals surface area contributed by atoms with Crippen LogP contribution in [0.3, 0.4) is 0 Å². The summed E-state index contributed by atoms with van der Waals surface area (Å²) < 4.78 is 46.8. The highest BCUT2D eigenvalue weighted by Crippen LogP contribution is 2.43. The molecule has 0 radical (unpaired) electrons. The lowest BCUT2D eigenvalue weighted by molar-refractivity contribution is -0.162. The first kappa shape index (κ1) is 88.0. The van der Waals surface area contributed by atoms with Gasteiger partial charge in [-0.15, -0.1) is 0 Å². The van der Waals surface area contributed by atoms with Crippen molar-refractivity contribution >= 4 is 31.7 Å². The van der Waals surface area contributed by atoms with Crippen LogP contribution < -0.4 is 0 Å². The molecule has 0 spiro atoms. The molecule has 13 heteroatoms. The van der Waals surface area contributed by atoms with Crippen molar-refractivity contribution < 1.29 is 56.6 Å². The van der Waals surface area contributed by atoms with Crippen LogP contribution in [0.2, 0.25) is 0 Å². The first-order valence-corrected chi connectivity index (χ1v) is 40.0. The smallest absolute Gasteiger partial charge is 0.462 e. The Labute approximate surface area is 560 Å². The van der Waals surface area contributed by atoms with E-state index >= 15 is 0 Å². The van der Waals surface area contributed by atoms with Gasteiger partial charge in [-0.2, -0.15) is 0 Å². The minimum Gasteiger partial charge on any atom is -0.462 e. The maximum absolute atomic E-state index is 13.5. The number of hydrogen-bond acceptors (Lipinski definition) is 11. The zero-order chi connectivity index (χ0) is 66.3. The van der Waals surface area contributed by atoms with Crippen LogP contribution in [0.25, 0.3) is 0 Å². The van der Waals surface area contributed by atoms with Gasteiger partial charge >= 0.3 is 31.7 Å². The van der Waals surface area contributed by atoms with E-state index in [0.717, 1.165) is 154 Å². The zero-order valence-electron chi connectivity index (χ0n) is 59.6. The molecule has 12 nitrogen and oxygen atoms in total. The number of carbonyl (C=O) groups excluding carboxylic acids is 4. The third-order valence-corrected chi connectivity index (χ3v) is 17.8. The van der Waals surface area contributed by atoms with E-state index in [0.29, 0.717) is 25.7 Å². The van der Waals surface area contributed by atoms with Crippen molar-refractivity contribution in [2.24, 2.45) is 0 Å². The van der Waals surface area contributed by atoms with Crippen LogP contribution in [0.5, 0.6) is 0 Å². The van der Waals surface area contributed by atoms with Gasteiger partial charge < -0.3 is 23.8 Å². The van der Waals surface area contributed by atoms with Crippen molar-refractivity contribution in [3.63, 3.8) is 0 Å². The number of phosphoric ester groups is 1. The summed E-state index contributed by atoms with van der Waals surface area (Å²) in [6, 6.07) is 0. The van der Waals surface area contributed by atoms with Crippen LogP contribution in [-0.4, -0.2) is 67.4 Å². The molecular formula is C78H143O12P. The number of phosphoric acid groups is 1. The van der Waals surface area contributed by atoms with Crippen molar-refractivity contribution in [2.45, 2.75) is 399 Å². The topological polar surface area (TPSA) is 161 Å².